The normalized spacial score (nSPS) is 24.3. The van der Waals surface area contributed by atoms with Gasteiger partial charge in [0.05, 0.1) is 6.10 Å². The van der Waals surface area contributed by atoms with E-state index in [1.807, 2.05) is 0 Å². The van der Waals surface area contributed by atoms with Crippen molar-refractivity contribution in [2.24, 2.45) is 11.8 Å². The van der Waals surface area contributed by atoms with Crippen LogP contribution in [0.15, 0.2) is 0 Å². The van der Waals surface area contributed by atoms with Crippen molar-refractivity contribution in [2.45, 2.75) is 38.8 Å². The molecule has 6 nitrogen and oxygen atoms in total. The number of hydrazine groups is 1. The molecule has 1 fully saturated rings. The van der Waals surface area contributed by atoms with Crippen LogP contribution in [0.2, 0.25) is 0 Å². The van der Waals surface area contributed by atoms with Crippen LogP contribution in [0, 0.1) is 5.92 Å². The van der Waals surface area contributed by atoms with E-state index in [0.29, 0.717) is 12.8 Å². The van der Waals surface area contributed by atoms with Gasteiger partial charge in [0.15, 0.2) is 0 Å². The summed E-state index contributed by atoms with van der Waals surface area (Å²) >= 11 is 0. The molecule has 0 heterocycles. The number of hydrogen-bond acceptors (Lipinski definition) is 4. The summed E-state index contributed by atoms with van der Waals surface area (Å²) in [7, 11) is 0. The van der Waals surface area contributed by atoms with Crippen molar-refractivity contribution >= 4 is 12.0 Å². The zero-order valence-corrected chi connectivity index (χ0v) is 8.95. The van der Waals surface area contributed by atoms with Crippen molar-refractivity contribution in [3.05, 3.63) is 0 Å². The van der Waals surface area contributed by atoms with Crippen LogP contribution in [0.4, 0.5) is 4.79 Å². The van der Waals surface area contributed by atoms with Gasteiger partial charge in [0.25, 0.3) is 0 Å². The van der Waals surface area contributed by atoms with Crippen molar-refractivity contribution < 1.29 is 14.3 Å². The zero-order chi connectivity index (χ0) is 11.4. The van der Waals surface area contributed by atoms with Gasteiger partial charge in [-0.25, -0.2) is 10.6 Å². The lowest BCUT2D eigenvalue weighted by Crippen LogP contribution is -2.50. The number of nitrogens with one attached hydrogen (secondary N) is 2. The van der Waals surface area contributed by atoms with Gasteiger partial charge in [-0.05, 0) is 26.7 Å². The minimum Gasteiger partial charge on any atom is -0.447 e. The summed E-state index contributed by atoms with van der Waals surface area (Å²) in [5.74, 6) is 4.72. The van der Waals surface area contributed by atoms with Gasteiger partial charge in [-0.3, -0.25) is 10.2 Å². The molecule has 86 valence electrons. The van der Waals surface area contributed by atoms with E-state index in [1.165, 1.54) is 0 Å². The molecule has 1 rings (SSSR count). The quantitative estimate of drug-likeness (QED) is 0.348. The van der Waals surface area contributed by atoms with E-state index < -0.39 is 6.09 Å². The van der Waals surface area contributed by atoms with Crippen molar-refractivity contribution in [3.63, 3.8) is 0 Å². The second-order valence-electron chi connectivity index (χ2n) is 3.97. The minimum atomic E-state index is -0.429. The molecule has 0 aromatic rings. The molecule has 0 unspecified atom stereocenters. The maximum atomic E-state index is 11.1. The number of amides is 2. The molecular formula is C9H17N3O3. The van der Waals surface area contributed by atoms with Crippen molar-refractivity contribution in [1.29, 1.82) is 0 Å². The van der Waals surface area contributed by atoms with Gasteiger partial charge in [0.2, 0.25) is 5.91 Å². The lowest BCUT2D eigenvalue weighted by atomic mass is 9.80. The van der Waals surface area contributed by atoms with E-state index in [-0.39, 0.29) is 24.0 Å². The van der Waals surface area contributed by atoms with Crippen LogP contribution < -0.4 is 16.6 Å². The zero-order valence-electron chi connectivity index (χ0n) is 8.95. The van der Waals surface area contributed by atoms with Crippen LogP contribution in [0.1, 0.15) is 26.7 Å². The highest BCUT2D eigenvalue weighted by Gasteiger charge is 2.35. The number of ether oxygens (including phenoxy) is 1. The second kappa shape index (κ2) is 4.97. The summed E-state index contributed by atoms with van der Waals surface area (Å²) in [6, 6.07) is 0.0264. The molecular weight excluding hydrogens is 198 g/mol. The standard InChI is InChI=1S/C9H17N3O3/c1-5(2)15-9(14)11-7-3-6(4-7)8(13)12-10/h5-7H,3-4,10H2,1-2H3,(H,11,14)(H,12,13). The van der Waals surface area contributed by atoms with E-state index >= 15 is 0 Å². The van der Waals surface area contributed by atoms with Crippen molar-refractivity contribution in [1.82, 2.24) is 10.7 Å². The molecule has 0 aliphatic heterocycles. The molecule has 0 atom stereocenters. The molecule has 1 aliphatic rings. The van der Waals surface area contributed by atoms with Gasteiger partial charge in [0.1, 0.15) is 0 Å². The number of alkyl carbamates (subject to hydrolysis) is 1. The highest BCUT2D eigenvalue weighted by molar-refractivity contribution is 5.79. The maximum absolute atomic E-state index is 11.1. The van der Waals surface area contributed by atoms with Crippen molar-refractivity contribution in [3.8, 4) is 0 Å². The predicted octanol–water partition coefficient (Wildman–Crippen LogP) is -0.110. The van der Waals surface area contributed by atoms with Gasteiger partial charge < -0.3 is 10.1 Å². The first-order valence-corrected chi connectivity index (χ1v) is 5.00. The molecule has 0 radical (unpaired) electrons. The molecule has 0 spiro atoms. The van der Waals surface area contributed by atoms with Crippen LogP contribution in [0.25, 0.3) is 0 Å². The Balaban J connectivity index is 2.17. The molecule has 4 N–H and O–H groups in total. The highest BCUT2D eigenvalue weighted by Crippen LogP contribution is 2.27. The van der Waals surface area contributed by atoms with E-state index in [9.17, 15) is 9.59 Å². The van der Waals surface area contributed by atoms with E-state index in [1.54, 1.807) is 13.8 Å². The topological polar surface area (TPSA) is 93.4 Å². The second-order valence-corrected chi connectivity index (χ2v) is 3.97. The summed E-state index contributed by atoms with van der Waals surface area (Å²) in [6.07, 6.45) is 0.682. The number of carbonyl (C=O) groups excluding carboxylic acids is 2. The lowest BCUT2D eigenvalue weighted by molar-refractivity contribution is -0.128. The van der Waals surface area contributed by atoms with E-state index in [0.717, 1.165) is 0 Å². The third-order valence-electron chi connectivity index (χ3n) is 2.32. The Morgan fingerprint density at radius 2 is 2.00 bits per heavy atom. The Morgan fingerprint density at radius 3 is 2.47 bits per heavy atom. The summed E-state index contributed by atoms with van der Waals surface area (Å²) < 4.78 is 4.90. The SMILES string of the molecule is CC(C)OC(=O)NC1CC(C(=O)NN)C1. The number of nitrogens with two attached hydrogens (primary N) is 1. The first-order chi connectivity index (χ1) is 7.02. The summed E-state index contributed by atoms with van der Waals surface area (Å²) in [5.41, 5.74) is 2.09. The van der Waals surface area contributed by atoms with Crippen LogP contribution in [-0.4, -0.2) is 24.1 Å². The first kappa shape index (κ1) is 11.8. The van der Waals surface area contributed by atoms with Crippen LogP contribution in [0.3, 0.4) is 0 Å². The van der Waals surface area contributed by atoms with Gasteiger partial charge in [0, 0.05) is 12.0 Å². The predicted molar refractivity (Wildman–Crippen MR) is 53.6 cm³/mol. The number of rotatable bonds is 3. The fraction of sp³-hybridized carbons (Fsp3) is 0.778. The lowest BCUT2D eigenvalue weighted by Gasteiger charge is -2.33. The van der Waals surface area contributed by atoms with Crippen LogP contribution >= 0.6 is 0 Å². The van der Waals surface area contributed by atoms with E-state index in [4.69, 9.17) is 10.6 Å². The van der Waals surface area contributed by atoms with Crippen LogP contribution in [-0.2, 0) is 9.53 Å². The molecule has 0 aromatic carbocycles. The Morgan fingerprint density at radius 1 is 1.40 bits per heavy atom. The summed E-state index contributed by atoms with van der Waals surface area (Å²) in [6.45, 7) is 3.57. The third-order valence-corrected chi connectivity index (χ3v) is 2.32. The van der Waals surface area contributed by atoms with Crippen LogP contribution in [0.5, 0.6) is 0 Å². The average molecular weight is 215 g/mol. The molecule has 2 amide bonds. The van der Waals surface area contributed by atoms with Gasteiger partial charge in [-0.1, -0.05) is 0 Å². The van der Waals surface area contributed by atoms with E-state index in [2.05, 4.69) is 10.7 Å². The Kier molecular flexibility index (Phi) is 3.90. The van der Waals surface area contributed by atoms with Gasteiger partial charge in [-0.2, -0.15) is 0 Å². The molecule has 1 saturated carbocycles. The number of hydrogen-bond donors (Lipinski definition) is 3. The van der Waals surface area contributed by atoms with Gasteiger partial charge >= 0.3 is 6.09 Å². The Labute approximate surface area is 88.5 Å². The molecule has 1 aliphatic carbocycles. The molecule has 0 saturated heterocycles. The summed E-state index contributed by atoms with van der Waals surface area (Å²) in [5, 5.41) is 2.67. The first-order valence-electron chi connectivity index (χ1n) is 5.00. The molecule has 0 aromatic heterocycles. The smallest absolute Gasteiger partial charge is 0.407 e. The Bertz CT molecular complexity index is 249. The molecule has 0 bridgehead atoms. The largest absolute Gasteiger partial charge is 0.447 e. The number of carbonyl (C=O) groups is 2. The average Bonchev–Trinajstić information content (AvgIpc) is 2.08. The minimum absolute atomic E-state index is 0.0264. The highest BCUT2D eigenvalue weighted by atomic mass is 16.6. The Hall–Kier alpha value is -1.30. The fourth-order valence-corrected chi connectivity index (χ4v) is 1.48. The third kappa shape index (κ3) is 3.39. The fourth-order valence-electron chi connectivity index (χ4n) is 1.48. The molecule has 15 heavy (non-hydrogen) atoms. The van der Waals surface area contributed by atoms with Gasteiger partial charge in [-0.15, -0.1) is 0 Å². The molecule has 6 heteroatoms. The summed E-state index contributed by atoms with van der Waals surface area (Å²) in [4.78, 5) is 22.2. The maximum Gasteiger partial charge on any atom is 0.407 e. The van der Waals surface area contributed by atoms with Crippen molar-refractivity contribution in [2.75, 3.05) is 0 Å². The monoisotopic (exact) mass is 215 g/mol.